The summed E-state index contributed by atoms with van der Waals surface area (Å²) < 4.78 is 0.970. The minimum atomic E-state index is -0.0579. The summed E-state index contributed by atoms with van der Waals surface area (Å²) in [5, 5.41) is 0.569. The van der Waals surface area contributed by atoms with Gasteiger partial charge in [0.25, 0.3) is 0 Å². The molecule has 0 saturated heterocycles. The van der Waals surface area contributed by atoms with E-state index >= 15 is 0 Å². The summed E-state index contributed by atoms with van der Waals surface area (Å²) in [6, 6.07) is 0. The minimum Gasteiger partial charge on any atom is -0.236 e. The topological polar surface area (TPSA) is 25.8 Å². The normalized spacial score (nSPS) is 12.3. The Kier molecular flexibility index (Phi) is 3.98. The first-order valence-electron chi connectivity index (χ1n) is 4.97. The standard InChI is InChI=1S/C11H16ClIN2/c1-6(2)8-7(13)9(12)15-10(14-8)11(3,4)5/h6H,1-5H3. The second-order valence-electron chi connectivity index (χ2n) is 4.94. The van der Waals surface area contributed by atoms with Gasteiger partial charge in [-0.05, 0) is 28.5 Å². The summed E-state index contributed by atoms with van der Waals surface area (Å²) in [6.07, 6.45) is 0. The Morgan fingerprint density at radius 1 is 1.20 bits per heavy atom. The quantitative estimate of drug-likeness (QED) is 0.568. The van der Waals surface area contributed by atoms with Gasteiger partial charge in [0.1, 0.15) is 11.0 Å². The van der Waals surface area contributed by atoms with Gasteiger partial charge in [-0.3, -0.25) is 0 Å². The van der Waals surface area contributed by atoms with Gasteiger partial charge in [0, 0.05) is 5.41 Å². The molecule has 0 radical (unpaired) electrons. The number of aromatic nitrogens is 2. The highest BCUT2D eigenvalue weighted by atomic mass is 127. The van der Waals surface area contributed by atoms with Gasteiger partial charge in [0.15, 0.2) is 0 Å². The molecule has 0 bridgehead atoms. The molecule has 1 aromatic heterocycles. The lowest BCUT2D eigenvalue weighted by Crippen LogP contribution is -2.18. The van der Waals surface area contributed by atoms with E-state index in [1.165, 1.54) is 0 Å². The van der Waals surface area contributed by atoms with Gasteiger partial charge in [-0.1, -0.05) is 46.2 Å². The zero-order valence-corrected chi connectivity index (χ0v) is 12.6. The molecule has 0 spiro atoms. The number of halogens is 2. The molecule has 84 valence electrons. The van der Waals surface area contributed by atoms with E-state index in [0.717, 1.165) is 15.1 Å². The van der Waals surface area contributed by atoms with Crippen LogP contribution in [0.5, 0.6) is 0 Å². The third kappa shape index (κ3) is 3.03. The highest BCUT2D eigenvalue weighted by Gasteiger charge is 2.21. The van der Waals surface area contributed by atoms with Gasteiger partial charge >= 0.3 is 0 Å². The van der Waals surface area contributed by atoms with Gasteiger partial charge in [0.2, 0.25) is 0 Å². The van der Waals surface area contributed by atoms with E-state index < -0.39 is 0 Å². The van der Waals surface area contributed by atoms with Crippen LogP contribution in [0, 0.1) is 3.57 Å². The van der Waals surface area contributed by atoms with Crippen molar-refractivity contribution in [1.29, 1.82) is 0 Å². The van der Waals surface area contributed by atoms with Gasteiger partial charge in [-0.25, -0.2) is 9.97 Å². The zero-order valence-electron chi connectivity index (χ0n) is 9.73. The van der Waals surface area contributed by atoms with E-state index in [-0.39, 0.29) is 5.41 Å². The van der Waals surface area contributed by atoms with Crippen molar-refractivity contribution in [2.45, 2.75) is 46.0 Å². The molecule has 2 nitrogen and oxygen atoms in total. The molecule has 0 atom stereocenters. The van der Waals surface area contributed by atoms with E-state index in [1.807, 2.05) is 0 Å². The van der Waals surface area contributed by atoms with Crippen molar-refractivity contribution in [3.63, 3.8) is 0 Å². The monoisotopic (exact) mass is 338 g/mol. The van der Waals surface area contributed by atoms with Crippen LogP contribution in [-0.2, 0) is 5.41 Å². The molecule has 0 unspecified atom stereocenters. The Morgan fingerprint density at radius 2 is 1.73 bits per heavy atom. The first-order chi connectivity index (χ1) is 6.73. The molecule has 1 heterocycles. The molecule has 0 aliphatic rings. The second kappa shape index (κ2) is 4.53. The summed E-state index contributed by atoms with van der Waals surface area (Å²) in [4.78, 5) is 8.93. The molecule has 0 N–H and O–H groups in total. The van der Waals surface area contributed by atoms with Crippen LogP contribution >= 0.6 is 34.2 Å². The Bertz CT molecular complexity index is 370. The summed E-state index contributed by atoms with van der Waals surface area (Å²) in [7, 11) is 0. The van der Waals surface area contributed by atoms with Crippen LogP contribution in [-0.4, -0.2) is 9.97 Å². The molecule has 0 amide bonds. The molecular formula is C11H16ClIN2. The predicted octanol–water partition coefficient (Wildman–Crippen LogP) is 4.16. The van der Waals surface area contributed by atoms with Crippen molar-refractivity contribution in [1.82, 2.24) is 9.97 Å². The fourth-order valence-electron chi connectivity index (χ4n) is 1.15. The Balaban J connectivity index is 3.36. The van der Waals surface area contributed by atoms with Crippen LogP contribution in [0.3, 0.4) is 0 Å². The van der Waals surface area contributed by atoms with E-state index in [0.29, 0.717) is 11.1 Å². The molecule has 0 aliphatic carbocycles. The molecule has 0 aliphatic heterocycles. The Labute approximate surface area is 110 Å². The molecule has 0 fully saturated rings. The number of hydrogen-bond acceptors (Lipinski definition) is 2. The van der Waals surface area contributed by atoms with Crippen molar-refractivity contribution in [3.8, 4) is 0 Å². The number of rotatable bonds is 1. The molecule has 1 rings (SSSR count). The first-order valence-corrected chi connectivity index (χ1v) is 6.42. The predicted molar refractivity (Wildman–Crippen MR) is 72.5 cm³/mol. The average Bonchev–Trinajstić information content (AvgIpc) is 2.06. The number of nitrogens with zero attached hydrogens (tertiary/aromatic N) is 2. The van der Waals surface area contributed by atoms with Crippen LogP contribution in [0.1, 0.15) is 52.1 Å². The van der Waals surface area contributed by atoms with Gasteiger partial charge < -0.3 is 0 Å². The maximum atomic E-state index is 6.11. The van der Waals surface area contributed by atoms with Crippen molar-refractivity contribution in [3.05, 3.63) is 20.2 Å². The van der Waals surface area contributed by atoms with E-state index in [9.17, 15) is 0 Å². The summed E-state index contributed by atoms with van der Waals surface area (Å²) >= 11 is 8.32. The van der Waals surface area contributed by atoms with Crippen LogP contribution in [0.25, 0.3) is 0 Å². The van der Waals surface area contributed by atoms with E-state index in [2.05, 4.69) is 67.2 Å². The largest absolute Gasteiger partial charge is 0.236 e. The zero-order chi connectivity index (χ0) is 11.8. The highest BCUT2D eigenvalue weighted by Crippen LogP contribution is 2.28. The van der Waals surface area contributed by atoms with Crippen molar-refractivity contribution in [2.24, 2.45) is 0 Å². The molecule has 15 heavy (non-hydrogen) atoms. The fourth-order valence-corrected chi connectivity index (χ4v) is 2.19. The minimum absolute atomic E-state index is 0.0579. The van der Waals surface area contributed by atoms with Gasteiger partial charge in [-0.15, -0.1) is 0 Å². The maximum Gasteiger partial charge on any atom is 0.146 e. The third-order valence-corrected chi connectivity index (χ3v) is 3.71. The van der Waals surface area contributed by atoms with Gasteiger partial charge in [-0.2, -0.15) is 0 Å². The number of hydrogen-bond donors (Lipinski definition) is 0. The van der Waals surface area contributed by atoms with E-state index in [4.69, 9.17) is 11.6 Å². The third-order valence-electron chi connectivity index (χ3n) is 2.05. The Hall–Kier alpha value is 0.100. The molecule has 0 aromatic carbocycles. The molecule has 4 heteroatoms. The van der Waals surface area contributed by atoms with Crippen molar-refractivity contribution >= 4 is 34.2 Å². The fraction of sp³-hybridized carbons (Fsp3) is 0.636. The SMILES string of the molecule is CC(C)c1nc(C(C)(C)C)nc(Cl)c1I. The first kappa shape index (κ1) is 13.2. The van der Waals surface area contributed by atoms with Crippen LogP contribution in [0.4, 0.5) is 0 Å². The Morgan fingerprint density at radius 3 is 2.13 bits per heavy atom. The maximum absolute atomic E-state index is 6.11. The lowest BCUT2D eigenvalue weighted by atomic mass is 9.95. The second-order valence-corrected chi connectivity index (χ2v) is 6.38. The van der Waals surface area contributed by atoms with Crippen LogP contribution in [0.2, 0.25) is 5.15 Å². The van der Waals surface area contributed by atoms with Crippen molar-refractivity contribution < 1.29 is 0 Å². The van der Waals surface area contributed by atoms with Crippen LogP contribution < -0.4 is 0 Å². The van der Waals surface area contributed by atoms with Crippen LogP contribution in [0.15, 0.2) is 0 Å². The lowest BCUT2D eigenvalue weighted by Gasteiger charge is -2.19. The highest BCUT2D eigenvalue weighted by molar-refractivity contribution is 14.1. The van der Waals surface area contributed by atoms with Gasteiger partial charge in [0.05, 0.1) is 9.26 Å². The average molecular weight is 339 g/mol. The molecule has 1 aromatic rings. The summed E-state index contributed by atoms with van der Waals surface area (Å²) in [5.74, 6) is 1.19. The molecular weight excluding hydrogens is 322 g/mol. The smallest absolute Gasteiger partial charge is 0.146 e. The van der Waals surface area contributed by atoms with E-state index in [1.54, 1.807) is 0 Å². The summed E-state index contributed by atoms with van der Waals surface area (Å²) in [5.41, 5.74) is 0.984. The summed E-state index contributed by atoms with van der Waals surface area (Å²) in [6.45, 7) is 10.5. The molecule has 0 saturated carbocycles. The van der Waals surface area contributed by atoms with Crippen molar-refractivity contribution in [2.75, 3.05) is 0 Å². The lowest BCUT2D eigenvalue weighted by molar-refractivity contribution is 0.537.